The summed E-state index contributed by atoms with van der Waals surface area (Å²) < 4.78 is 0. The van der Waals surface area contributed by atoms with Crippen LogP contribution in [0.2, 0.25) is 5.02 Å². The van der Waals surface area contributed by atoms with Crippen LogP contribution in [0.5, 0.6) is 0 Å². The molecule has 90 valence electrons. The predicted octanol–water partition coefficient (Wildman–Crippen LogP) is 3.32. The average molecular weight is 268 g/mol. The molecule has 2 N–H and O–H groups in total. The highest BCUT2D eigenvalue weighted by atomic mass is 35.5. The van der Waals surface area contributed by atoms with Crippen molar-refractivity contribution in [3.8, 4) is 0 Å². The third-order valence-corrected chi connectivity index (χ3v) is 3.85. The summed E-state index contributed by atoms with van der Waals surface area (Å²) in [7, 11) is 2.00. The Morgan fingerprint density at radius 3 is 2.88 bits per heavy atom. The van der Waals surface area contributed by atoms with E-state index < -0.39 is 0 Å². The zero-order valence-corrected chi connectivity index (χ0v) is 11.3. The monoisotopic (exact) mass is 267 g/mol. The largest absolute Gasteiger partial charge is 0.399 e. The van der Waals surface area contributed by atoms with Crippen molar-refractivity contribution in [2.24, 2.45) is 0 Å². The number of rotatable bonds is 3. The Hall–Kier alpha value is -1.26. The van der Waals surface area contributed by atoms with E-state index in [1.165, 1.54) is 0 Å². The average Bonchev–Trinajstić information content (AvgIpc) is 2.70. The summed E-state index contributed by atoms with van der Waals surface area (Å²) in [6.45, 7) is 2.69. The van der Waals surface area contributed by atoms with Crippen molar-refractivity contribution in [2.45, 2.75) is 13.5 Å². The molecule has 0 saturated heterocycles. The Labute approximate surface area is 110 Å². The molecule has 0 unspecified atom stereocenters. The second-order valence-corrected chi connectivity index (χ2v) is 5.22. The Bertz CT molecular complexity index is 524. The number of nitrogen functional groups attached to an aromatic ring is 1. The number of benzene rings is 1. The van der Waals surface area contributed by atoms with Crippen LogP contribution >= 0.6 is 22.9 Å². The van der Waals surface area contributed by atoms with Gasteiger partial charge in [-0.1, -0.05) is 11.6 Å². The van der Waals surface area contributed by atoms with E-state index >= 15 is 0 Å². The van der Waals surface area contributed by atoms with Gasteiger partial charge in [-0.25, -0.2) is 4.98 Å². The van der Waals surface area contributed by atoms with Crippen molar-refractivity contribution in [3.05, 3.63) is 39.9 Å². The molecule has 2 rings (SSSR count). The van der Waals surface area contributed by atoms with Crippen molar-refractivity contribution < 1.29 is 0 Å². The number of nitrogens with two attached hydrogens (primary N) is 1. The first kappa shape index (κ1) is 12.2. The number of aryl methyl sites for hydroxylation is 1. The Kier molecular flexibility index (Phi) is 3.54. The lowest BCUT2D eigenvalue weighted by Crippen LogP contribution is -2.16. The van der Waals surface area contributed by atoms with Crippen LogP contribution in [0.4, 0.5) is 10.8 Å². The minimum absolute atomic E-state index is 0.705. The van der Waals surface area contributed by atoms with Gasteiger partial charge in [-0.05, 0) is 30.7 Å². The molecule has 1 heterocycles. The molecule has 3 nitrogen and oxygen atoms in total. The van der Waals surface area contributed by atoms with Gasteiger partial charge in [0, 0.05) is 29.7 Å². The van der Waals surface area contributed by atoms with E-state index in [1.54, 1.807) is 17.4 Å². The standard InChI is InChI=1S/C12H14ClN3S/c1-8-7-17-12(15-8)16(2)6-9-5-10(14)3-4-11(9)13/h3-5,7H,6,14H2,1-2H3. The van der Waals surface area contributed by atoms with Gasteiger partial charge < -0.3 is 10.6 Å². The number of anilines is 2. The van der Waals surface area contributed by atoms with Gasteiger partial charge in [0.2, 0.25) is 0 Å². The molecule has 5 heteroatoms. The van der Waals surface area contributed by atoms with Gasteiger partial charge in [0.1, 0.15) is 0 Å². The molecule has 0 aliphatic heterocycles. The van der Waals surface area contributed by atoms with Crippen molar-refractivity contribution in [1.82, 2.24) is 4.98 Å². The zero-order chi connectivity index (χ0) is 12.4. The SMILES string of the molecule is Cc1csc(N(C)Cc2cc(N)ccc2Cl)n1. The minimum atomic E-state index is 0.705. The molecule has 0 bridgehead atoms. The van der Waals surface area contributed by atoms with Gasteiger partial charge in [0.15, 0.2) is 5.13 Å². The third-order valence-electron chi connectivity index (χ3n) is 2.41. The maximum atomic E-state index is 6.13. The molecule has 0 saturated carbocycles. The van der Waals surface area contributed by atoms with E-state index in [-0.39, 0.29) is 0 Å². The maximum absolute atomic E-state index is 6.13. The highest BCUT2D eigenvalue weighted by Gasteiger charge is 2.08. The van der Waals surface area contributed by atoms with E-state index in [1.807, 2.05) is 31.5 Å². The van der Waals surface area contributed by atoms with Gasteiger partial charge in [-0.15, -0.1) is 11.3 Å². The number of aromatic nitrogens is 1. The van der Waals surface area contributed by atoms with Gasteiger partial charge in [0.05, 0.1) is 5.69 Å². The summed E-state index contributed by atoms with van der Waals surface area (Å²) in [5, 5.41) is 3.76. The second kappa shape index (κ2) is 4.94. The first-order valence-corrected chi connectivity index (χ1v) is 6.49. The first-order valence-electron chi connectivity index (χ1n) is 5.23. The molecule has 0 fully saturated rings. The Morgan fingerprint density at radius 2 is 2.24 bits per heavy atom. The van der Waals surface area contributed by atoms with Gasteiger partial charge in [0.25, 0.3) is 0 Å². The highest BCUT2D eigenvalue weighted by Crippen LogP contribution is 2.24. The minimum Gasteiger partial charge on any atom is -0.399 e. The van der Waals surface area contributed by atoms with Crippen LogP contribution in [-0.2, 0) is 6.54 Å². The molecule has 2 aromatic rings. The van der Waals surface area contributed by atoms with Gasteiger partial charge >= 0.3 is 0 Å². The number of nitrogens with zero attached hydrogens (tertiary/aromatic N) is 2. The zero-order valence-electron chi connectivity index (χ0n) is 9.77. The van der Waals surface area contributed by atoms with Crippen molar-refractivity contribution in [2.75, 3.05) is 17.7 Å². The lowest BCUT2D eigenvalue weighted by molar-refractivity contribution is 0.911. The molecule has 1 aromatic heterocycles. The number of hydrogen-bond donors (Lipinski definition) is 1. The predicted molar refractivity (Wildman–Crippen MR) is 74.8 cm³/mol. The molecule has 0 atom stereocenters. The van der Waals surface area contributed by atoms with Gasteiger partial charge in [-0.2, -0.15) is 0 Å². The van der Waals surface area contributed by atoms with Crippen LogP contribution in [0, 0.1) is 6.92 Å². The van der Waals surface area contributed by atoms with Crippen LogP contribution in [0.25, 0.3) is 0 Å². The smallest absolute Gasteiger partial charge is 0.185 e. The van der Waals surface area contributed by atoms with Crippen molar-refractivity contribution in [3.63, 3.8) is 0 Å². The summed E-state index contributed by atoms with van der Waals surface area (Å²) in [6.07, 6.45) is 0. The van der Waals surface area contributed by atoms with Crippen LogP contribution in [-0.4, -0.2) is 12.0 Å². The van der Waals surface area contributed by atoms with E-state index in [4.69, 9.17) is 17.3 Å². The van der Waals surface area contributed by atoms with E-state index in [0.717, 1.165) is 27.1 Å². The fraction of sp³-hybridized carbons (Fsp3) is 0.250. The fourth-order valence-electron chi connectivity index (χ4n) is 1.56. The van der Waals surface area contributed by atoms with Crippen molar-refractivity contribution >= 4 is 33.8 Å². The summed E-state index contributed by atoms with van der Waals surface area (Å²) >= 11 is 7.76. The lowest BCUT2D eigenvalue weighted by Gasteiger charge is -2.16. The number of thiazole rings is 1. The van der Waals surface area contributed by atoms with Crippen molar-refractivity contribution in [1.29, 1.82) is 0 Å². The van der Waals surface area contributed by atoms with E-state index in [9.17, 15) is 0 Å². The van der Waals surface area contributed by atoms with Crippen LogP contribution < -0.4 is 10.6 Å². The molecule has 0 aliphatic carbocycles. The molecule has 0 radical (unpaired) electrons. The highest BCUT2D eigenvalue weighted by molar-refractivity contribution is 7.13. The van der Waals surface area contributed by atoms with Crippen LogP contribution in [0.15, 0.2) is 23.6 Å². The summed E-state index contributed by atoms with van der Waals surface area (Å²) in [6, 6.07) is 5.53. The van der Waals surface area contributed by atoms with Crippen LogP contribution in [0.1, 0.15) is 11.3 Å². The van der Waals surface area contributed by atoms with Crippen LogP contribution in [0.3, 0.4) is 0 Å². The number of hydrogen-bond acceptors (Lipinski definition) is 4. The first-order chi connectivity index (χ1) is 8.06. The summed E-state index contributed by atoms with van der Waals surface area (Å²) in [5.41, 5.74) is 8.54. The fourth-order valence-corrected chi connectivity index (χ4v) is 2.50. The normalized spacial score (nSPS) is 10.5. The lowest BCUT2D eigenvalue weighted by atomic mass is 10.2. The summed E-state index contributed by atoms with van der Waals surface area (Å²) in [4.78, 5) is 6.50. The molecule has 0 aliphatic rings. The quantitative estimate of drug-likeness (QED) is 0.868. The van der Waals surface area contributed by atoms with E-state index in [2.05, 4.69) is 9.88 Å². The van der Waals surface area contributed by atoms with E-state index in [0.29, 0.717) is 6.54 Å². The Balaban J connectivity index is 2.18. The molecule has 17 heavy (non-hydrogen) atoms. The maximum Gasteiger partial charge on any atom is 0.185 e. The molecule has 0 amide bonds. The number of halogens is 1. The molecular weight excluding hydrogens is 254 g/mol. The van der Waals surface area contributed by atoms with Gasteiger partial charge in [-0.3, -0.25) is 0 Å². The third kappa shape index (κ3) is 2.90. The summed E-state index contributed by atoms with van der Waals surface area (Å²) in [5.74, 6) is 0. The molecular formula is C12H14ClN3S. The Morgan fingerprint density at radius 1 is 1.47 bits per heavy atom. The molecule has 1 aromatic carbocycles. The second-order valence-electron chi connectivity index (χ2n) is 3.98. The topological polar surface area (TPSA) is 42.1 Å². The molecule has 0 spiro atoms.